The topological polar surface area (TPSA) is 55.4 Å². The first kappa shape index (κ1) is 16.1. The molecule has 1 aliphatic heterocycles. The fourth-order valence-electron chi connectivity index (χ4n) is 4.22. The third kappa shape index (κ3) is 2.60. The van der Waals surface area contributed by atoms with E-state index < -0.39 is 0 Å². The van der Waals surface area contributed by atoms with Gasteiger partial charge in [0.05, 0.1) is 11.8 Å². The highest BCUT2D eigenvalue weighted by atomic mass is 16.2. The number of carbonyl (C=O) groups excluding carboxylic acids is 1. The lowest BCUT2D eigenvalue weighted by Crippen LogP contribution is -2.38. The maximum Gasteiger partial charge on any atom is 0.256 e. The number of piperidine rings is 1. The number of hydrogen-bond donors (Lipinski definition) is 0. The van der Waals surface area contributed by atoms with Crippen molar-refractivity contribution in [3.05, 3.63) is 66.2 Å². The Morgan fingerprint density at radius 3 is 2.74 bits per heavy atom. The lowest BCUT2D eigenvalue weighted by atomic mass is 9.93. The van der Waals surface area contributed by atoms with E-state index in [0.29, 0.717) is 5.92 Å². The van der Waals surface area contributed by atoms with Crippen LogP contribution >= 0.6 is 0 Å². The lowest BCUT2D eigenvalue weighted by Gasteiger charge is -2.32. The number of carbonyl (C=O) groups is 1. The molecule has 0 radical (unpaired) electrons. The zero-order valence-electron chi connectivity index (χ0n) is 15.2. The number of para-hydroxylation sites is 1. The highest BCUT2D eigenvalue weighted by molar-refractivity contribution is 6.07. The van der Waals surface area contributed by atoms with Crippen LogP contribution in [-0.2, 0) is 7.05 Å². The van der Waals surface area contributed by atoms with Gasteiger partial charge in [-0.3, -0.25) is 4.79 Å². The summed E-state index contributed by atoms with van der Waals surface area (Å²) >= 11 is 0. The third-order valence-corrected chi connectivity index (χ3v) is 5.65. The Hall–Kier alpha value is -3.15. The lowest BCUT2D eigenvalue weighted by molar-refractivity contribution is 0.0713. The SMILES string of the molecule is Cn1cc(C(=O)N2CCC(c3ccnc4ccnn34)CC2)c2ccccc21. The molecular formula is C21H21N5O. The molecule has 1 aromatic carbocycles. The van der Waals surface area contributed by atoms with Gasteiger partial charge in [0.1, 0.15) is 0 Å². The fraction of sp³-hybridized carbons (Fsp3) is 0.286. The maximum absolute atomic E-state index is 13.1. The van der Waals surface area contributed by atoms with Gasteiger partial charge in [-0.1, -0.05) is 18.2 Å². The van der Waals surface area contributed by atoms with E-state index in [0.717, 1.165) is 48.0 Å². The molecule has 1 saturated heterocycles. The molecule has 27 heavy (non-hydrogen) atoms. The first-order chi connectivity index (χ1) is 13.2. The van der Waals surface area contributed by atoms with Gasteiger partial charge in [-0.05, 0) is 25.0 Å². The number of nitrogens with zero attached hydrogens (tertiary/aromatic N) is 5. The summed E-state index contributed by atoms with van der Waals surface area (Å²) < 4.78 is 3.95. The number of fused-ring (bicyclic) bond motifs is 2. The minimum Gasteiger partial charge on any atom is -0.350 e. The second kappa shape index (κ2) is 6.23. The molecule has 136 valence electrons. The zero-order chi connectivity index (χ0) is 18.4. The summed E-state index contributed by atoms with van der Waals surface area (Å²) in [5, 5.41) is 5.43. The molecule has 6 nitrogen and oxygen atoms in total. The second-order valence-electron chi connectivity index (χ2n) is 7.21. The van der Waals surface area contributed by atoms with Gasteiger partial charge in [0.2, 0.25) is 0 Å². The van der Waals surface area contributed by atoms with Crippen LogP contribution in [0.2, 0.25) is 0 Å². The molecule has 0 N–H and O–H groups in total. The number of hydrogen-bond acceptors (Lipinski definition) is 3. The van der Waals surface area contributed by atoms with Crippen LogP contribution in [0.4, 0.5) is 0 Å². The van der Waals surface area contributed by atoms with Crippen LogP contribution in [-0.4, -0.2) is 43.1 Å². The molecule has 0 atom stereocenters. The Balaban J connectivity index is 1.37. The molecule has 1 fully saturated rings. The van der Waals surface area contributed by atoms with Crippen molar-refractivity contribution in [2.24, 2.45) is 7.05 Å². The number of aryl methyl sites for hydroxylation is 1. The van der Waals surface area contributed by atoms with Gasteiger partial charge < -0.3 is 9.47 Å². The van der Waals surface area contributed by atoms with Crippen LogP contribution in [0.5, 0.6) is 0 Å². The Kier molecular flexibility index (Phi) is 3.70. The monoisotopic (exact) mass is 359 g/mol. The Morgan fingerprint density at radius 2 is 1.89 bits per heavy atom. The number of rotatable bonds is 2. The van der Waals surface area contributed by atoms with Gasteiger partial charge >= 0.3 is 0 Å². The summed E-state index contributed by atoms with van der Waals surface area (Å²) in [5.41, 5.74) is 3.95. The summed E-state index contributed by atoms with van der Waals surface area (Å²) in [6.07, 6.45) is 7.46. The van der Waals surface area contributed by atoms with Gasteiger partial charge in [0, 0.05) is 61.1 Å². The summed E-state index contributed by atoms with van der Waals surface area (Å²) in [7, 11) is 1.99. The molecule has 1 aliphatic rings. The smallest absolute Gasteiger partial charge is 0.256 e. The molecule has 6 heteroatoms. The Morgan fingerprint density at radius 1 is 1.07 bits per heavy atom. The van der Waals surface area contributed by atoms with Gasteiger partial charge in [-0.25, -0.2) is 9.50 Å². The fourth-order valence-corrected chi connectivity index (χ4v) is 4.22. The molecule has 1 amide bonds. The molecule has 0 saturated carbocycles. The number of aromatic nitrogens is 4. The molecular weight excluding hydrogens is 338 g/mol. The van der Waals surface area contributed by atoms with Crippen LogP contribution in [0.1, 0.15) is 34.8 Å². The van der Waals surface area contributed by atoms with E-state index in [1.807, 2.05) is 63.8 Å². The van der Waals surface area contributed by atoms with E-state index in [9.17, 15) is 4.79 Å². The standard InChI is InChI=1S/C21H21N5O/c1-24-14-17(16-4-2-3-5-19(16)24)21(27)25-12-8-15(9-13-25)18-6-10-22-20-7-11-23-26(18)20/h2-7,10-11,14-15H,8-9,12-13H2,1H3. The molecule has 0 unspecified atom stereocenters. The summed E-state index contributed by atoms with van der Waals surface area (Å²) in [5.74, 6) is 0.524. The van der Waals surface area contributed by atoms with Crippen LogP contribution in [0.25, 0.3) is 16.6 Å². The number of benzene rings is 1. The van der Waals surface area contributed by atoms with E-state index in [1.165, 1.54) is 5.69 Å². The number of likely N-dealkylation sites (tertiary alicyclic amines) is 1. The summed E-state index contributed by atoms with van der Waals surface area (Å²) in [4.78, 5) is 19.5. The molecule has 0 bridgehead atoms. The Labute approximate surface area is 157 Å². The van der Waals surface area contributed by atoms with Crippen molar-refractivity contribution < 1.29 is 4.79 Å². The van der Waals surface area contributed by atoms with Crippen LogP contribution in [0.15, 0.2) is 55.0 Å². The van der Waals surface area contributed by atoms with Crippen molar-refractivity contribution in [1.29, 1.82) is 0 Å². The minimum absolute atomic E-state index is 0.129. The van der Waals surface area contributed by atoms with Gasteiger partial charge in [-0.2, -0.15) is 5.10 Å². The van der Waals surface area contributed by atoms with Crippen molar-refractivity contribution in [2.75, 3.05) is 13.1 Å². The molecule has 4 heterocycles. The normalized spacial score (nSPS) is 15.7. The van der Waals surface area contributed by atoms with Crippen molar-refractivity contribution in [2.45, 2.75) is 18.8 Å². The first-order valence-electron chi connectivity index (χ1n) is 9.34. The van der Waals surface area contributed by atoms with E-state index in [1.54, 1.807) is 6.20 Å². The minimum atomic E-state index is 0.129. The van der Waals surface area contributed by atoms with Gasteiger partial charge in [0.25, 0.3) is 5.91 Å². The average molecular weight is 359 g/mol. The Bertz CT molecular complexity index is 1130. The summed E-state index contributed by atoms with van der Waals surface area (Å²) in [6, 6.07) is 12.0. The second-order valence-corrected chi connectivity index (χ2v) is 7.21. The van der Waals surface area contributed by atoms with Gasteiger partial charge in [0.15, 0.2) is 5.65 Å². The molecule has 5 rings (SSSR count). The highest BCUT2D eigenvalue weighted by Gasteiger charge is 2.27. The quantitative estimate of drug-likeness (QED) is 0.552. The van der Waals surface area contributed by atoms with E-state index >= 15 is 0 Å². The van der Waals surface area contributed by atoms with E-state index in [2.05, 4.69) is 16.1 Å². The van der Waals surface area contributed by atoms with Crippen molar-refractivity contribution in [3.8, 4) is 0 Å². The summed E-state index contributed by atoms with van der Waals surface area (Å²) in [6.45, 7) is 1.52. The number of amides is 1. The predicted octanol–water partition coefficient (Wildman–Crippen LogP) is 3.24. The van der Waals surface area contributed by atoms with Crippen LogP contribution in [0, 0.1) is 0 Å². The van der Waals surface area contributed by atoms with Crippen molar-refractivity contribution in [3.63, 3.8) is 0 Å². The average Bonchev–Trinajstić information content (AvgIpc) is 3.32. The largest absolute Gasteiger partial charge is 0.350 e. The molecule has 3 aromatic heterocycles. The zero-order valence-corrected chi connectivity index (χ0v) is 15.2. The molecule has 4 aromatic rings. The van der Waals surface area contributed by atoms with E-state index in [-0.39, 0.29) is 5.91 Å². The van der Waals surface area contributed by atoms with Crippen LogP contribution in [0.3, 0.4) is 0 Å². The van der Waals surface area contributed by atoms with Crippen molar-refractivity contribution in [1.82, 2.24) is 24.1 Å². The predicted molar refractivity (Wildman–Crippen MR) is 104 cm³/mol. The van der Waals surface area contributed by atoms with Crippen LogP contribution < -0.4 is 0 Å². The van der Waals surface area contributed by atoms with Crippen molar-refractivity contribution >= 4 is 22.5 Å². The van der Waals surface area contributed by atoms with E-state index in [4.69, 9.17) is 0 Å². The first-order valence-corrected chi connectivity index (χ1v) is 9.34. The molecule has 0 spiro atoms. The highest BCUT2D eigenvalue weighted by Crippen LogP contribution is 2.30. The van der Waals surface area contributed by atoms with Gasteiger partial charge in [-0.15, -0.1) is 0 Å². The molecule has 0 aliphatic carbocycles. The third-order valence-electron chi connectivity index (χ3n) is 5.65. The maximum atomic E-state index is 13.1.